The van der Waals surface area contributed by atoms with Crippen molar-refractivity contribution in [3.8, 4) is 0 Å². The molecule has 0 bridgehead atoms. The summed E-state index contributed by atoms with van der Waals surface area (Å²) >= 11 is 0. The molecule has 0 unspecified atom stereocenters. The van der Waals surface area contributed by atoms with Crippen LogP contribution in [0.4, 0.5) is 0 Å². The molecule has 0 N–H and O–H groups in total. The van der Waals surface area contributed by atoms with E-state index in [1.165, 1.54) is 12.0 Å². The van der Waals surface area contributed by atoms with E-state index in [4.69, 9.17) is 14.3 Å². The van der Waals surface area contributed by atoms with Gasteiger partial charge in [0, 0.05) is 53.6 Å². The standard InChI is InChI=1S/C35H55N3O7/c1-8-24(2)33(36(5)26(4)39)31(43-6)23-32(41)37-18-14-17-29(37)34(44-7)25(3)30(40)22-28(21-27-15-10-9-11-16-27)35(42)38-19-12-13-20-45-38/h9-11,15-16,24-25,28-29,31,33-34H,8,12-14,17-23H2,1-7H3/t24-,25-,28+,29-,31+,33-,34+/m0/s1. The molecule has 2 aliphatic heterocycles. The van der Waals surface area contributed by atoms with E-state index in [0.717, 1.165) is 37.7 Å². The summed E-state index contributed by atoms with van der Waals surface area (Å²) in [5, 5.41) is 1.43. The minimum absolute atomic E-state index is 0.0645. The van der Waals surface area contributed by atoms with E-state index in [1.54, 1.807) is 26.2 Å². The van der Waals surface area contributed by atoms with Crippen LogP contribution in [0.1, 0.15) is 78.2 Å². The van der Waals surface area contributed by atoms with Gasteiger partial charge in [-0.05, 0) is 43.6 Å². The average Bonchev–Trinajstić information content (AvgIpc) is 3.54. The lowest BCUT2D eigenvalue weighted by molar-refractivity contribution is -0.201. The molecule has 3 rings (SSSR count). The van der Waals surface area contributed by atoms with Gasteiger partial charge in [-0.25, -0.2) is 5.06 Å². The number of likely N-dealkylation sites (N-methyl/N-ethyl adjacent to an activating group) is 1. The fourth-order valence-corrected chi connectivity index (χ4v) is 6.95. The summed E-state index contributed by atoms with van der Waals surface area (Å²) in [4.78, 5) is 62.7. The number of hydroxylamine groups is 2. The molecule has 7 atom stereocenters. The second-order valence-corrected chi connectivity index (χ2v) is 12.8. The largest absolute Gasteiger partial charge is 0.379 e. The van der Waals surface area contributed by atoms with Crippen molar-refractivity contribution in [1.29, 1.82) is 0 Å². The lowest BCUT2D eigenvalue weighted by atomic mass is 9.85. The number of likely N-dealkylation sites (tertiary alicyclic amines) is 1. The summed E-state index contributed by atoms with van der Waals surface area (Å²) in [5.41, 5.74) is 0.989. The van der Waals surface area contributed by atoms with E-state index >= 15 is 0 Å². The van der Waals surface area contributed by atoms with Gasteiger partial charge in [-0.3, -0.25) is 24.0 Å². The molecule has 2 fully saturated rings. The molecule has 3 amide bonds. The van der Waals surface area contributed by atoms with Crippen LogP contribution in [0.25, 0.3) is 0 Å². The van der Waals surface area contributed by atoms with E-state index in [0.29, 0.717) is 26.1 Å². The van der Waals surface area contributed by atoms with Gasteiger partial charge in [-0.1, -0.05) is 57.5 Å². The van der Waals surface area contributed by atoms with Gasteiger partial charge in [-0.2, -0.15) is 0 Å². The summed E-state index contributed by atoms with van der Waals surface area (Å²) in [6.07, 6.45) is 3.79. The monoisotopic (exact) mass is 629 g/mol. The summed E-state index contributed by atoms with van der Waals surface area (Å²) in [6, 6.07) is 9.22. The number of carbonyl (C=O) groups excluding carboxylic acids is 4. The Morgan fingerprint density at radius 1 is 1.00 bits per heavy atom. The first-order chi connectivity index (χ1) is 21.5. The third-order valence-electron chi connectivity index (χ3n) is 9.87. The fraction of sp³-hybridized carbons (Fsp3) is 0.714. The van der Waals surface area contributed by atoms with Crippen LogP contribution in [-0.4, -0.2) is 104 Å². The van der Waals surface area contributed by atoms with Crippen LogP contribution in [0, 0.1) is 17.8 Å². The first-order valence-electron chi connectivity index (χ1n) is 16.6. The highest BCUT2D eigenvalue weighted by molar-refractivity contribution is 5.88. The number of nitrogens with zero attached hydrogens (tertiary/aromatic N) is 3. The maximum Gasteiger partial charge on any atom is 0.250 e. The van der Waals surface area contributed by atoms with E-state index in [1.807, 2.05) is 42.2 Å². The molecular weight excluding hydrogens is 574 g/mol. The van der Waals surface area contributed by atoms with E-state index in [2.05, 4.69) is 13.8 Å². The number of amides is 3. The molecule has 10 heteroatoms. The first-order valence-corrected chi connectivity index (χ1v) is 16.6. The molecule has 10 nitrogen and oxygen atoms in total. The zero-order valence-corrected chi connectivity index (χ0v) is 28.4. The molecule has 252 valence electrons. The highest BCUT2D eigenvalue weighted by atomic mass is 16.7. The van der Waals surface area contributed by atoms with E-state index in [9.17, 15) is 19.2 Å². The van der Waals surface area contributed by atoms with Crippen LogP contribution >= 0.6 is 0 Å². The number of ketones is 1. The van der Waals surface area contributed by atoms with Crippen molar-refractivity contribution in [2.45, 2.75) is 103 Å². The number of rotatable bonds is 16. The minimum atomic E-state index is -0.558. The van der Waals surface area contributed by atoms with Crippen molar-refractivity contribution in [3.63, 3.8) is 0 Å². The second kappa shape index (κ2) is 17.8. The first kappa shape index (κ1) is 36.6. The average molecular weight is 630 g/mol. The zero-order valence-electron chi connectivity index (χ0n) is 28.4. The molecule has 2 aliphatic rings. The molecule has 2 saturated heterocycles. The smallest absolute Gasteiger partial charge is 0.250 e. The van der Waals surface area contributed by atoms with Crippen molar-refractivity contribution >= 4 is 23.5 Å². The van der Waals surface area contributed by atoms with Gasteiger partial charge < -0.3 is 19.3 Å². The number of hydrogen-bond acceptors (Lipinski definition) is 7. The molecular formula is C35H55N3O7. The Hall–Kier alpha value is -2.82. The fourth-order valence-electron chi connectivity index (χ4n) is 6.95. The Kier molecular flexibility index (Phi) is 14.5. The van der Waals surface area contributed by atoms with Crippen LogP contribution in [0.2, 0.25) is 0 Å². The van der Waals surface area contributed by atoms with Crippen LogP contribution < -0.4 is 0 Å². The Morgan fingerprint density at radius 2 is 1.71 bits per heavy atom. The summed E-state index contributed by atoms with van der Waals surface area (Å²) < 4.78 is 11.8. The predicted molar refractivity (Wildman–Crippen MR) is 172 cm³/mol. The minimum Gasteiger partial charge on any atom is -0.379 e. The normalized spacial score (nSPS) is 21.0. The summed E-state index contributed by atoms with van der Waals surface area (Å²) in [5.74, 6) is -1.33. The second-order valence-electron chi connectivity index (χ2n) is 12.8. The number of Topliss-reactive ketones (excluding diaryl/α,β-unsaturated/α-hetero) is 1. The van der Waals surface area contributed by atoms with Gasteiger partial charge in [0.15, 0.2) is 0 Å². The van der Waals surface area contributed by atoms with Crippen molar-refractivity contribution in [1.82, 2.24) is 14.9 Å². The number of hydrogen-bond donors (Lipinski definition) is 0. The van der Waals surface area contributed by atoms with Crippen LogP contribution in [0.3, 0.4) is 0 Å². The maximum absolute atomic E-state index is 13.9. The van der Waals surface area contributed by atoms with Crippen LogP contribution in [0.5, 0.6) is 0 Å². The highest BCUT2D eigenvalue weighted by Gasteiger charge is 2.42. The SMILES string of the molecule is CC[C@H](C)[C@@H]([C@@H](CC(=O)N1CCC[C@H]1[C@H](OC)[C@@H](C)C(=O)C[C@@H](Cc1ccccc1)C(=O)N1CCCCO1)OC)N(C)C(C)=O. The van der Waals surface area contributed by atoms with Gasteiger partial charge in [-0.15, -0.1) is 0 Å². The van der Waals surface area contributed by atoms with E-state index < -0.39 is 24.0 Å². The van der Waals surface area contributed by atoms with E-state index in [-0.39, 0.29) is 54.3 Å². The third-order valence-corrected chi connectivity index (χ3v) is 9.87. The summed E-state index contributed by atoms with van der Waals surface area (Å²) in [7, 11) is 4.93. The third kappa shape index (κ3) is 9.59. The molecule has 0 radical (unpaired) electrons. The zero-order chi connectivity index (χ0) is 33.1. The quantitative estimate of drug-likeness (QED) is 0.269. The maximum atomic E-state index is 13.9. The van der Waals surface area contributed by atoms with Gasteiger partial charge in [0.2, 0.25) is 17.7 Å². The lowest BCUT2D eigenvalue weighted by Gasteiger charge is -2.39. The molecule has 0 saturated carbocycles. The molecule has 2 heterocycles. The number of carbonyl (C=O) groups is 4. The van der Waals surface area contributed by atoms with Crippen molar-refractivity contribution in [2.24, 2.45) is 17.8 Å². The molecule has 0 aliphatic carbocycles. The molecule has 0 aromatic heterocycles. The van der Waals surface area contributed by atoms with Gasteiger partial charge in [0.05, 0.1) is 43.2 Å². The Bertz CT molecular complexity index is 1110. The Labute approximate surface area is 269 Å². The van der Waals surface area contributed by atoms with Crippen molar-refractivity contribution < 1.29 is 33.5 Å². The predicted octanol–water partition coefficient (Wildman–Crippen LogP) is 4.30. The van der Waals surface area contributed by atoms with Crippen molar-refractivity contribution in [3.05, 3.63) is 35.9 Å². The molecule has 0 spiro atoms. The van der Waals surface area contributed by atoms with Gasteiger partial charge >= 0.3 is 0 Å². The Balaban J connectivity index is 1.75. The number of methoxy groups -OCH3 is 2. The Morgan fingerprint density at radius 3 is 2.29 bits per heavy atom. The lowest BCUT2D eigenvalue weighted by Crippen LogP contribution is -2.52. The van der Waals surface area contributed by atoms with Gasteiger partial charge in [0.25, 0.3) is 0 Å². The molecule has 1 aromatic rings. The topological polar surface area (TPSA) is 106 Å². The van der Waals surface area contributed by atoms with Crippen LogP contribution in [-0.2, 0) is 39.9 Å². The number of benzene rings is 1. The van der Waals surface area contributed by atoms with Crippen molar-refractivity contribution in [2.75, 3.05) is 41.0 Å². The summed E-state index contributed by atoms with van der Waals surface area (Å²) in [6.45, 7) is 9.10. The molecule has 1 aromatic carbocycles. The molecule has 45 heavy (non-hydrogen) atoms. The highest BCUT2D eigenvalue weighted by Crippen LogP contribution is 2.31. The van der Waals surface area contributed by atoms with Gasteiger partial charge in [0.1, 0.15) is 5.78 Å². The number of ether oxygens (including phenoxy) is 2. The van der Waals surface area contributed by atoms with Crippen LogP contribution in [0.15, 0.2) is 30.3 Å².